The van der Waals surface area contributed by atoms with Crippen LogP contribution in [0.2, 0.25) is 0 Å². The molecule has 3 N–H and O–H groups in total. The maximum absolute atomic E-state index is 13.4. The van der Waals surface area contributed by atoms with E-state index in [9.17, 15) is 4.79 Å². The van der Waals surface area contributed by atoms with E-state index in [0.29, 0.717) is 12.0 Å². The smallest absolute Gasteiger partial charge is 0.254 e. The summed E-state index contributed by atoms with van der Waals surface area (Å²) >= 11 is 2.30. The van der Waals surface area contributed by atoms with Crippen LogP contribution >= 0.6 is 22.6 Å². The lowest BCUT2D eigenvalue weighted by atomic mass is 9.74. The standard InChI is InChI=1S/C27H37IN6O/c1-34-25(35)27(33-26(34)29,13-12-18-6-3-2-4-7-18)16-19-8-5-9-21(14-19)31-24-17-30-23-15-20(28)10-11-22(23)32-24/h10-11,15,17-19,21H,2-9,12-14,16H2,1H3,(H2,29,33)(H,31,32)/t19-,21+,27-/m0/s1. The Morgan fingerprint density at radius 2 is 1.94 bits per heavy atom. The summed E-state index contributed by atoms with van der Waals surface area (Å²) in [6.45, 7) is 0. The molecular weight excluding hydrogens is 551 g/mol. The number of halogens is 1. The quantitative estimate of drug-likeness (QED) is 0.362. The molecule has 0 bridgehead atoms. The second-order valence-corrected chi connectivity index (χ2v) is 12.2. The highest BCUT2D eigenvalue weighted by Crippen LogP contribution is 2.38. The molecule has 8 heteroatoms. The van der Waals surface area contributed by atoms with Crippen molar-refractivity contribution in [3.63, 3.8) is 0 Å². The topological polar surface area (TPSA) is 94.0 Å². The van der Waals surface area contributed by atoms with Gasteiger partial charge in [-0.2, -0.15) is 0 Å². The first kappa shape index (κ1) is 24.7. The van der Waals surface area contributed by atoms with E-state index in [1.807, 2.05) is 12.3 Å². The van der Waals surface area contributed by atoms with Gasteiger partial charge in [-0.15, -0.1) is 0 Å². The number of benzene rings is 1. The molecule has 2 heterocycles. The Morgan fingerprint density at radius 1 is 1.14 bits per heavy atom. The Balaban J connectivity index is 1.26. The van der Waals surface area contributed by atoms with E-state index in [1.165, 1.54) is 37.0 Å². The first-order valence-corrected chi connectivity index (χ1v) is 14.3. The molecule has 0 unspecified atom stereocenters. The molecule has 7 nitrogen and oxygen atoms in total. The average Bonchev–Trinajstić information content (AvgIpc) is 3.07. The lowest BCUT2D eigenvalue weighted by Crippen LogP contribution is -2.49. The number of fused-ring (bicyclic) bond motifs is 1. The number of carbonyl (C=O) groups excluding carboxylic acids is 1. The van der Waals surface area contributed by atoms with Crippen LogP contribution in [0.4, 0.5) is 5.82 Å². The van der Waals surface area contributed by atoms with Crippen molar-refractivity contribution in [2.45, 2.75) is 88.6 Å². The van der Waals surface area contributed by atoms with E-state index in [0.717, 1.165) is 71.3 Å². The summed E-state index contributed by atoms with van der Waals surface area (Å²) in [5.41, 5.74) is 1.21. The third-order valence-corrected chi connectivity index (χ3v) is 9.06. The van der Waals surface area contributed by atoms with Crippen molar-refractivity contribution in [2.75, 3.05) is 12.4 Å². The third kappa shape index (κ3) is 5.57. The number of anilines is 1. The minimum Gasteiger partial charge on any atom is -0.366 e. The molecule has 5 rings (SSSR count). The second-order valence-electron chi connectivity index (χ2n) is 10.9. The number of nitrogens with one attached hydrogen (secondary N) is 3. The number of carbonyl (C=O) groups is 1. The van der Waals surface area contributed by atoms with E-state index in [-0.39, 0.29) is 11.9 Å². The van der Waals surface area contributed by atoms with Crippen LogP contribution in [0.3, 0.4) is 0 Å². The van der Waals surface area contributed by atoms with Crippen molar-refractivity contribution in [3.8, 4) is 0 Å². The Bertz CT molecular complexity index is 1090. The summed E-state index contributed by atoms with van der Waals surface area (Å²) in [6.07, 6.45) is 15.5. The predicted octanol–water partition coefficient (Wildman–Crippen LogP) is 5.69. The van der Waals surface area contributed by atoms with Gasteiger partial charge in [0.25, 0.3) is 5.91 Å². The Hall–Kier alpha value is -1.97. The van der Waals surface area contributed by atoms with Gasteiger partial charge >= 0.3 is 0 Å². The number of hydrogen-bond donors (Lipinski definition) is 3. The molecule has 35 heavy (non-hydrogen) atoms. The Labute approximate surface area is 221 Å². The van der Waals surface area contributed by atoms with Crippen molar-refractivity contribution in [1.29, 1.82) is 5.41 Å². The van der Waals surface area contributed by atoms with Crippen LogP contribution in [0.5, 0.6) is 0 Å². The summed E-state index contributed by atoms with van der Waals surface area (Å²) in [4.78, 5) is 24.3. The molecule has 3 fully saturated rings. The molecule has 1 aliphatic heterocycles. The lowest BCUT2D eigenvalue weighted by molar-refractivity contribution is -0.131. The van der Waals surface area contributed by atoms with Crippen LogP contribution in [0, 0.1) is 20.8 Å². The van der Waals surface area contributed by atoms with E-state index >= 15 is 0 Å². The summed E-state index contributed by atoms with van der Waals surface area (Å²) in [5, 5.41) is 15.3. The van der Waals surface area contributed by atoms with E-state index in [1.54, 1.807) is 7.05 Å². The van der Waals surface area contributed by atoms with Gasteiger partial charge in [0.15, 0.2) is 5.96 Å². The zero-order chi connectivity index (χ0) is 24.4. The molecule has 0 radical (unpaired) electrons. The first-order valence-electron chi connectivity index (χ1n) is 13.3. The van der Waals surface area contributed by atoms with Crippen molar-refractivity contribution in [3.05, 3.63) is 28.0 Å². The molecule has 0 spiro atoms. The fourth-order valence-electron chi connectivity index (χ4n) is 6.49. The SMILES string of the molecule is CN1C(=N)N[C@@](CCC2CCCCC2)(C[C@H]2CCC[C@@H](Nc3cnc4cc(I)ccc4n3)C2)C1=O. The molecule has 1 aromatic carbocycles. The monoisotopic (exact) mass is 588 g/mol. The Morgan fingerprint density at radius 3 is 2.71 bits per heavy atom. The number of hydrogen-bond acceptors (Lipinski definition) is 5. The van der Waals surface area contributed by atoms with Crippen LogP contribution in [-0.4, -0.2) is 45.4 Å². The van der Waals surface area contributed by atoms with Crippen molar-refractivity contribution < 1.29 is 4.79 Å². The largest absolute Gasteiger partial charge is 0.366 e. The van der Waals surface area contributed by atoms with Gasteiger partial charge in [0.2, 0.25) is 0 Å². The van der Waals surface area contributed by atoms with E-state index in [2.05, 4.69) is 50.3 Å². The third-order valence-electron chi connectivity index (χ3n) is 8.39. The number of amides is 1. The highest BCUT2D eigenvalue weighted by atomic mass is 127. The van der Waals surface area contributed by atoms with Crippen molar-refractivity contribution in [2.24, 2.45) is 11.8 Å². The number of aromatic nitrogens is 2. The van der Waals surface area contributed by atoms with Crippen LogP contribution in [0.25, 0.3) is 11.0 Å². The fraction of sp³-hybridized carbons (Fsp3) is 0.630. The zero-order valence-corrected chi connectivity index (χ0v) is 22.8. The molecular formula is C27H37IN6O. The highest BCUT2D eigenvalue weighted by molar-refractivity contribution is 14.1. The molecule has 3 atom stereocenters. The van der Waals surface area contributed by atoms with Crippen LogP contribution in [0.15, 0.2) is 24.4 Å². The van der Waals surface area contributed by atoms with Gasteiger partial charge in [0.05, 0.1) is 17.2 Å². The summed E-state index contributed by atoms with van der Waals surface area (Å²) in [6, 6.07) is 6.47. The predicted molar refractivity (Wildman–Crippen MR) is 148 cm³/mol. The summed E-state index contributed by atoms with van der Waals surface area (Å²) < 4.78 is 1.16. The Kier molecular flexibility index (Phi) is 7.46. The first-order chi connectivity index (χ1) is 16.9. The second kappa shape index (κ2) is 10.6. The van der Waals surface area contributed by atoms with Crippen LogP contribution in [0.1, 0.15) is 77.0 Å². The minimum atomic E-state index is -0.615. The summed E-state index contributed by atoms with van der Waals surface area (Å²) in [5.74, 6) is 2.34. The molecule has 1 aromatic heterocycles. The molecule has 188 valence electrons. The maximum atomic E-state index is 13.4. The number of guanidine groups is 1. The van der Waals surface area contributed by atoms with Crippen molar-refractivity contribution >= 4 is 51.3 Å². The molecule has 3 aliphatic rings. The number of nitrogens with zero attached hydrogens (tertiary/aromatic N) is 3. The van der Waals surface area contributed by atoms with Crippen LogP contribution < -0.4 is 10.6 Å². The summed E-state index contributed by atoms with van der Waals surface area (Å²) in [7, 11) is 1.74. The van der Waals surface area contributed by atoms with Gasteiger partial charge in [-0.05, 0) is 84.7 Å². The number of likely N-dealkylation sites (N-methyl/N-ethyl adjacent to an activating group) is 1. The van der Waals surface area contributed by atoms with Gasteiger partial charge in [-0.25, -0.2) is 4.98 Å². The van der Waals surface area contributed by atoms with Gasteiger partial charge in [0.1, 0.15) is 11.4 Å². The lowest BCUT2D eigenvalue weighted by Gasteiger charge is -2.37. The fourth-order valence-corrected chi connectivity index (χ4v) is 6.96. The average molecular weight is 589 g/mol. The normalized spacial score (nSPS) is 27.9. The number of rotatable bonds is 7. The molecule has 2 saturated carbocycles. The van der Waals surface area contributed by atoms with Crippen molar-refractivity contribution in [1.82, 2.24) is 20.2 Å². The molecule has 1 saturated heterocycles. The highest BCUT2D eigenvalue weighted by Gasteiger charge is 2.49. The van der Waals surface area contributed by atoms with Gasteiger partial charge in [-0.3, -0.25) is 20.1 Å². The van der Waals surface area contributed by atoms with Crippen LogP contribution in [-0.2, 0) is 4.79 Å². The molecule has 2 aromatic rings. The maximum Gasteiger partial charge on any atom is 0.254 e. The minimum absolute atomic E-state index is 0.0865. The molecule has 2 aliphatic carbocycles. The van der Waals surface area contributed by atoms with E-state index < -0.39 is 5.54 Å². The zero-order valence-electron chi connectivity index (χ0n) is 20.7. The van der Waals surface area contributed by atoms with Gasteiger partial charge in [-0.1, -0.05) is 44.9 Å². The molecule has 1 amide bonds. The van der Waals surface area contributed by atoms with Gasteiger partial charge < -0.3 is 10.6 Å². The van der Waals surface area contributed by atoms with Gasteiger partial charge in [0, 0.05) is 16.7 Å². The van der Waals surface area contributed by atoms with E-state index in [4.69, 9.17) is 10.4 Å².